The van der Waals surface area contributed by atoms with Crippen molar-refractivity contribution in [2.45, 2.75) is 32.2 Å². The van der Waals surface area contributed by atoms with Crippen LogP contribution in [0.15, 0.2) is 43.0 Å². The average Bonchev–Trinajstić information content (AvgIpc) is 2.61. The number of rotatable bonds is 13. The molecule has 0 aromatic heterocycles. The van der Waals surface area contributed by atoms with E-state index in [0.29, 0.717) is 6.54 Å². The summed E-state index contributed by atoms with van der Waals surface area (Å²) in [5.74, 6) is 0. The molecule has 5 nitrogen and oxygen atoms in total. The first-order valence-corrected chi connectivity index (χ1v) is 10.0. The van der Waals surface area contributed by atoms with Crippen LogP contribution in [0.25, 0.3) is 0 Å². The lowest BCUT2D eigenvalue weighted by Crippen LogP contribution is -2.49. The van der Waals surface area contributed by atoms with Crippen LogP contribution >= 0.6 is 0 Å². The summed E-state index contributed by atoms with van der Waals surface area (Å²) < 4.78 is 17.4. The number of nitrogens with one attached hydrogen (secondary N) is 2. The summed E-state index contributed by atoms with van der Waals surface area (Å²) in [6.45, 7) is 8.53. The van der Waals surface area contributed by atoms with Gasteiger partial charge in [-0.25, -0.2) is 0 Å². The Kier molecular flexibility index (Phi) is 10.0. The summed E-state index contributed by atoms with van der Waals surface area (Å²) in [5, 5.41) is 6.63. The molecule has 23 heavy (non-hydrogen) atoms. The van der Waals surface area contributed by atoms with E-state index >= 15 is 0 Å². The highest BCUT2D eigenvalue weighted by Gasteiger charge is 2.40. The Hall–Kier alpha value is -1.02. The van der Waals surface area contributed by atoms with Gasteiger partial charge in [0.15, 0.2) is 0 Å². The SMILES string of the molecule is C=CC(NCc1ccccc1)O[Si](CCCNCC)(OC)OC. The Balaban J connectivity index is 2.54. The summed E-state index contributed by atoms with van der Waals surface area (Å²) in [6, 6.07) is 10.9. The normalized spacial score (nSPS) is 13.0. The van der Waals surface area contributed by atoms with E-state index in [4.69, 9.17) is 13.3 Å². The highest BCUT2D eigenvalue weighted by atomic mass is 28.4. The third-order valence-electron chi connectivity index (χ3n) is 3.58. The second-order valence-corrected chi connectivity index (χ2v) is 8.11. The van der Waals surface area contributed by atoms with E-state index < -0.39 is 8.80 Å². The first-order chi connectivity index (χ1) is 11.2. The quantitative estimate of drug-likeness (QED) is 0.250. The van der Waals surface area contributed by atoms with Gasteiger partial charge in [-0.2, -0.15) is 0 Å². The van der Waals surface area contributed by atoms with Crippen molar-refractivity contribution in [1.82, 2.24) is 10.6 Å². The molecule has 0 fully saturated rings. The molecule has 1 rings (SSSR count). The first kappa shape index (κ1) is 20.0. The molecule has 0 aliphatic heterocycles. The molecular weight excluding hydrogens is 308 g/mol. The molecule has 130 valence electrons. The summed E-state index contributed by atoms with van der Waals surface area (Å²) >= 11 is 0. The average molecular weight is 339 g/mol. The topological polar surface area (TPSA) is 51.8 Å². The van der Waals surface area contributed by atoms with Crippen molar-refractivity contribution in [2.75, 3.05) is 27.3 Å². The van der Waals surface area contributed by atoms with E-state index in [-0.39, 0.29) is 6.23 Å². The molecule has 0 saturated heterocycles. The largest absolute Gasteiger partial charge is 0.501 e. The van der Waals surface area contributed by atoms with Crippen LogP contribution < -0.4 is 10.6 Å². The van der Waals surface area contributed by atoms with Crippen LogP contribution in [-0.2, 0) is 19.8 Å². The van der Waals surface area contributed by atoms with Crippen LogP contribution in [-0.4, -0.2) is 42.3 Å². The Bertz CT molecular complexity index is 427. The molecule has 1 aromatic rings. The minimum Gasteiger partial charge on any atom is -0.377 e. The van der Waals surface area contributed by atoms with E-state index in [1.165, 1.54) is 5.56 Å². The zero-order chi connectivity index (χ0) is 17.0. The van der Waals surface area contributed by atoms with Gasteiger partial charge in [0.2, 0.25) is 0 Å². The van der Waals surface area contributed by atoms with Gasteiger partial charge in [-0.05, 0) is 31.1 Å². The highest BCUT2D eigenvalue weighted by Crippen LogP contribution is 2.18. The summed E-state index contributed by atoms with van der Waals surface area (Å²) in [6.07, 6.45) is 2.39. The molecule has 1 aromatic carbocycles. The fourth-order valence-corrected chi connectivity index (χ4v) is 4.29. The zero-order valence-electron chi connectivity index (χ0n) is 14.5. The van der Waals surface area contributed by atoms with E-state index in [9.17, 15) is 0 Å². The van der Waals surface area contributed by atoms with Crippen LogP contribution in [0.2, 0.25) is 6.04 Å². The standard InChI is InChI=1S/C17H30N2O3Si/c1-5-17(19-15-16-11-8-7-9-12-16)22-23(20-3,21-4)14-10-13-18-6-2/h5,7-9,11-12,17-19H,1,6,10,13-15H2,2-4H3. The van der Waals surface area contributed by atoms with Gasteiger partial charge in [-0.15, -0.1) is 0 Å². The lowest BCUT2D eigenvalue weighted by Gasteiger charge is -2.30. The molecule has 0 amide bonds. The van der Waals surface area contributed by atoms with Gasteiger partial charge < -0.3 is 18.6 Å². The van der Waals surface area contributed by atoms with Crippen LogP contribution in [0.1, 0.15) is 18.9 Å². The third-order valence-corrected chi connectivity index (χ3v) is 6.40. The summed E-state index contributed by atoms with van der Waals surface area (Å²) in [7, 11) is 0.617. The lowest BCUT2D eigenvalue weighted by atomic mass is 10.2. The van der Waals surface area contributed by atoms with Crippen LogP contribution in [0.3, 0.4) is 0 Å². The second kappa shape index (κ2) is 11.5. The van der Waals surface area contributed by atoms with Crippen molar-refractivity contribution in [2.24, 2.45) is 0 Å². The van der Waals surface area contributed by atoms with Gasteiger partial charge in [-0.1, -0.05) is 43.8 Å². The van der Waals surface area contributed by atoms with Gasteiger partial charge in [0.25, 0.3) is 0 Å². The maximum Gasteiger partial charge on any atom is 0.501 e. The molecule has 1 atom stereocenters. The molecular formula is C17H30N2O3Si. The predicted molar refractivity (Wildman–Crippen MR) is 96.1 cm³/mol. The fourth-order valence-electron chi connectivity index (χ4n) is 2.23. The first-order valence-electron chi connectivity index (χ1n) is 8.08. The molecule has 0 radical (unpaired) electrons. The molecule has 0 bridgehead atoms. The molecule has 0 heterocycles. The van der Waals surface area contributed by atoms with E-state index in [1.807, 2.05) is 18.2 Å². The summed E-state index contributed by atoms with van der Waals surface area (Å²) in [5.41, 5.74) is 1.19. The molecule has 6 heteroatoms. The fraction of sp³-hybridized carbons (Fsp3) is 0.529. The van der Waals surface area contributed by atoms with Crippen molar-refractivity contribution in [3.05, 3.63) is 48.6 Å². The lowest BCUT2D eigenvalue weighted by molar-refractivity contribution is 0.0592. The molecule has 0 aliphatic rings. The molecule has 0 saturated carbocycles. The molecule has 1 unspecified atom stereocenters. The monoisotopic (exact) mass is 338 g/mol. The van der Waals surface area contributed by atoms with Crippen molar-refractivity contribution < 1.29 is 13.3 Å². The molecule has 0 spiro atoms. The number of hydrogen-bond donors (Lipinski definition) is 2. The second-order valence-electron chi connectivity index (χ2n) is 5.19. The maximum atomic E-state index is 6.13. The van der Waals surface area contributed by atoms with Crippen molar-refractivity contribution >= 4 is 8.80 Å². The van der Waals surface area contributed by atoms with Gasteiger partial charge in [0.05, 0.1) is 0 Å². The molecule has 2 N–H and O–H groups in total. The Morgan fingerprint density at radius 1 is 1.22 bits per heavy atom. The zero-order valence-corrected chi connectivity index (χ0v) is 15.5. The van der Waals surface area contributed by atoms with Gasteiger partial charge in [0.1, 0.15) is 6.23 Å². The van der Waals surface area contributed by atoms with Gasteiger partial charge >= 0.3 is 8.80 Å². The minimum absolute atomic E-state index is 0.305. The minimum atomic E-state index is -2.69. The van der Waals surface area contributed by atoms with Crippen LogP contribution in [0, 0.1) is 0 Å². The van der Waals surface area contributed by atoms with Crippen LogP contribution in [0.4, 0.5) is 0 Å². The van der Waals surface area contributed by atoms with Crippen molar-refractivity contribution in [1.29, 1.82) is 0 Å². The van der Waals surface area contributed by atoms with E-state index in [0.717, 1.165) is 25.6 Å². The number of benzene rings is 1. The van der Waals surface area contributed by atoms with Gasteiger partial charge in [-0.3, -0.25) is 5.32 Å². The summed E-state index contributed by atoms with van der Waals surface area (Å²) in [4.78, 5) is 0. The van der Waals surface area contributed by atoms with Crippen molar-refractivity contribution in [3.8, 4) is 0 Å². The molecule has 0 aliphatic carbocycles. The van der Waals surface area contributed by atoms with E-state index in [1.54, 1.807) is 20.3 Å². The maximum absolute atomic E-state index is 6.13. The van der Waals surface area contributed by atoms with E-state index in [2.05, 4.69) is 36.3 Å². The predicted octanol–water partition coefficient (Wildman–Crippen LogP) is 2.54. The Morgan fingerprint density at radius 3 is 2.48 bits per heavy atom. The highest BCUT2D eigenvalue weighted by molar-refractivity contribution is 6.60. The van der Waals surface area contributed by atoms with Crippen LogP contribution in [0.5, 0.6) is 0 Å². The Morgan fingerprint density at radius 2 is 1.91 bits per heavy atom. The Labute approximate surface area is 141 Å². The van der Waals surface area contributed by atoms with Gasteiger partial charge in [0, 0.05) is 26.8 Å². The van der Waals surface area contributed by atoms with Crippen molar-refractivity contribution in [3.63, 3.8) is 0 Å². The smallest absolute Gasteiger partial charge is 0.377 e. The number of hydrogen-bond acceptors (Lipinski definition) is 5. The third kappa shape index (κ3) is 7.39.